The maximum atomic E-state index is 13.7. The average Bonchev–Trinajstić information content (AvgIpc) is 3.41. The first kappa shape index (κ1) is 22.5. The zero-order valence-electron chi connectivity index (χ0n) is 20.6. The van der Waals surface area contributed by atoms with Crippen molar-refractivity contribution < 1.29 is 4.74 Å². The molecule has 0 radical (unpaired) electrons. The van der Waals surface area contributed by atoms with Crippen LogP contribution in [0.15, 0.2) is 83.9 Å². The monoisotopic (exact) mass is 488 g/mol. The summed E-state index contributed by atoms with van der Waals surface area (Å²) in [7, 11) is 1.62. The number of aromatic amines is 1. The van der Waals surface area contributed by atoms with Gasteiger partial charge in [0.1, 0.15) is 11.3 Å². The van der Waals surface area contributed by atoms with E-state index in [4.69, 9.17) is 9.72 Å². The van der Waals surface area contributed by atoms with Crippen molar-refractivity contribution in [2.75, 3.05) is 12.4 Å². The van der Waals surface area contributed by atoms with Crippen LogP contribution in [0.2, 0.25) is 0 Å². The third-order valence-electron chi connectivity index (χ3n) is 6.46. The number of aryl methyl sites for hydroxylation is 2. The first-order valence-electron chi connectivity index (χ1n) is 11.9. The van der Waals surface area contributed by atoms with E-state index in [1.807, 2.05) is 42.5 Å². The van der Waals surface area contributed by atoms with E-state index in [1.165, 1.54) is 11.1 Å². The lowest BCUT2D eigenvalue weighted by Crippen LogP contribution is -2.20. The van der Waals surface area contributed by atoms with Crippen molar-refractivity contribution in [2.24, 2.45) is 0 Å². The first-order valence-corrected chi connectivity index (χ1v) is 11.9. The van der Waals surface area contributed by atoms with E-state index in [0.717, 1.165) is 22.6 Å². The summed E-state index contributed by atoms with van der Waals surface area (Å²) in [6.07, 6.45) is 3.31. The number of methoxy groups -OCH3 is 1. The first-order chi connectivity index (χ1) is 18.0. The smallest absolute Gasteiger partial charge is 0.267 e. The Balaban J connectivity index is 1.54. The van der Waals surface area contributed by atoms with E-state index in [-0.39, 0.29) is 5.56 Å². The van der Waals surface area contributed by atoms with E-state index in [2.05, 4.69) is 58.6 Å². The largest absolute Gasteiger partial charge is 0.497 e. The zero-order valence-corrected chi connectivity index (χ0v) is 20.6. The van der Waals surface area contributed by atoms with Crippen molar-refractivity contribution in [1.82, 2.24) is 24.7 Å². The van der Waals surface area contributed by atoms with Gasteiger partial charge in [-0.15, -0.1) is 0 Å². The molecule has 0 saturated carbocycles. The highest BCUT2D eigenvalue weighted by Crippen LogP contribution is 2.29. The highest BCUT2D eigenvalue weighted by molar-refractivity contribution is 6.02. The van der Waals surface area contributed by atoms with Gasteiger partial charge in [-0.1, -0.05) is 35.9 Å². The number of ether oxygens (including phenoxy) is 1. The fraction of sp³-hybridized carbons (Fsp3) is 0.103. The summed E-state index contributed by atoms with van der Waals surface area (Å²) in [6, 6.07) is 21.8. The molecule has 0 aliphatic rings. The Labute approximate surface area is 212 Å². The molecule has 182 valence electrons. The summed E-state index contributed by atoms with van der Waals surface area (Å²) in [4.78, 5) is 23.0. The SMILES string of the molecule is COc1ccc(Nc2ncc3c4n[nH]cc4c(=O)n(-c4cccc(-c5cc(C)ccc5C)c4)c3n2)cc1. The number of H-pyrrole nitrogens is 1. The molecular formula is C29H24N6O2. The van der Waals surface area contributed by atoms with Crippen molar-refractivity contribution in [1.29, 1.82) is 0 Å². The predicted molar refractivity (Wildman–Crippen MR) is 146 cm³/mol. The molecular weight excluding hydrogens is 464 g/mol. The van der Waals surface area contributed by atoms with Gasteiger partial charge in [0.15, 0.2) is 5.65 Å². The molecule has 0 amide bonds. The fourth-order valence-electron chi connectivity index (χ4n) is 4.55. The number of hydrogen-bond donors (Lipinski definition) is 2. The molecule has 37 heavy (non-hydrogen) atoms. The Bertz CT molecular complexity index is 1840. The molecule has 0 spiro atoms. The molecule has 0 atom stereocenters. The van der Waals surface area contributed by atoms with Crippen LogP contribution in [0.4, 0.5) is 11.6 Å². The lowest BCUT2D eigenvalue weighted by Gasteiger charge is -2.14. The fourth-order valence-corrected chi connectivity index (χ4v) is 4.55. The van der Waals surface area contributed by atoms with Crippen LogP contribution < -0.4 is 15.6 Å². The van der Waals surface area contributed by atoms with E-state index < -0.39 is 0 Å². The third kappa shape index (κ3) is 3.98. The van der Waals surface area contributed by atoms with Crippen LogP contribution in [0.5, 0.6) is 5.75 Å². The van der Waals surface area contributed by atoms with Crippen molar-refractivity contribution in [3.05, 3.63) is 101 Å². The maximum absolute atomic E-state index is 13.7. The number of rotatable bonds is 5. The lowest BCUT2D eigenvalue weighted by molar-refractivity contribution is 0.415. The molecule has 0 fully saturated rings. The number of hydrogen-bond acceptors (Lipinski definition) is 6. The molecule has 0 bridgehead atoms. The molecule has 0 aliphatic carbocycles. The van der Waals surface area contributed by atoms with Crippen LogP contribution in [-0.4, -0.2) is 31.8 Å². The van der Waals surface area contributed by atoms with Crippen LogP contribution in [-0.2, 0) is 0 Å². The molecule has 3 heterocycles. The number of aromatic nitrogens is 5. The van der Waals surface area contributed by atoms with Crippen LogP contribution in [0.1, 0.15) is 11.1 Å². The average molecular weight is 489 g/mol. The molecule has 3 aromatic heterocycles. The normalized spacial score (nSPS) is 11.2. The number of nitrogens with zero attached hydrogens (tertiary/aromatic N) is 4. The summed E-state index contributed by atoms with van der Waals surface area (Å²) < 4.78 is 6.86. The van der Waals surface area contributed by atoms with Gasteiger partial charge in [-0.3, -0.25) is 14.5 Å². The van der Waals surface area contributed by atoms with Gasteiger partial charge in [-0.2, -0.15) is 10.1 Å². The molecule has 8 heteroatoms. The number of anilines is 2. The molecule has 8 nitrogen and oxygen atoms in total. The Kier molecular flexibility index (Phi) is 5.41. The Morgan fingerprint density at radius 2 is 1.81 bits per heavy atom. The second kappa shape index (κ2) is 8.91. The van der Waals surface area contributed by atoms with Gasteiger partial charge in [0, 0.05) is 18.1 Å². The van der Waals surface area contributed by atoms with Gasteiger partial charge < -0.3 is 10.1 Å². The van der Waals surface area contributed by atoms with Crippen LogP contribution >= 0.6 is 0 Å². The Morgan fingerprint density at radius 1 is 0.973 bits per heavy atom. The minimum atomic E-state index is -0.205. The van der Waals surface area contributed by atoms with Crippen molar-refractivity contribution in [2.45, 2.75) is 13.8 Å². The van der Waals surface area contributed by atoms with E-state index in [1.54, 1.807) is 24.1 Å². The van der Waals surface area contributed by atoms with Crippen molar-refractivity contribution >= 4 is 33.6 Å². The predicted octanol–water partition coefficient (Wildman–Crippen LogP) is 5.69. The quantitative estimate of drug-likeness (QED) is 0.323. The minimum Gasteiger partial charge on any atom is -0.497 e. The summed E-state index contributed by atoms with van der Waals surface area (Å²) in [5, 5.41) is 11.5. The standard InChI is InChI=1S/C29H24N6O2/c1-17-7-8-18(2)23(13-17)19-5-4-6-21(14-19)35-27-24(26-25(28(35)36)16-31-34-26)15-30-29(33-27)32-20-9-11-22(37-3)12-10-20/h4-16H,1-3H3,(H,31,34)(H,30,32,33). The molecule has 6 aromatic rings. The zero-order chi connectivity index (χ0) is 25.5. The van der Waals surface area contributed by atoms with Crippen LogP contribution in [0, 0.1) is 13.8 Å². The number of pyridine rings is 1. The highest BCUT2D eigenvalue weighted by atomic mass is 16.5. The third-order valence-corrected chi connectivity index (χ3v) is 6.46. The summed E-state index contributed by atoms with van der Waals surface area (Å²) in [6.45, 7) is 4.16. The molecule has 6 rings (SSSR count). The second-order valence-electron chi connectivity index (χ2n) is 8.94. The summed E-state index contributed by atoms with van der Waals surface area (Å²) in [5.74, 6) is 1.12. The Morgan fingerprint density at radius 3 is 2.62 bits per heavy atom. The maximum Gasteiger partial charge on any atom is 0.267 e. The van der Waals surface area contributed by atoms with Crippen LogP contribution in [0.3, 0.4) is 0 Å². The summed E-state index contributed by atoms with van der Waals surface area (Å²) in [5.41, 5.74) is 6.80. The molecule has 2 N–H and O–H groups in total. The van der Waals surface area contributed by atoms with Gasteiger partial charge >= 0.3 is 0 Å². The molecule has 3 aromatic carbocycles. The van der Waals surface area contributed by atoms with Gasteiger partial charge in [-0.25, -0.2) is 4.98 Å². The van der Waals surface area contributed by atoms with Gasteiger partial charge in [-0.05, 0) is 66.9 Å². The number of benzene rings is 3. The van der Waals surface area contributed by atoms with E-state index >= 15 is 0 Å². The van der Waals surface area contributed by atoms with E-state index in [0.29, 0.717) is 33.6 Å². The van der Waals surface area contributed by atoms with Crippen molar-refractivity contribution in [3.8, 4) is 22.6 Å². The molecule has 0 aliphatic heterocycles. The van der Waals surface area contributed by atoms with Crippen molar-refractivity contribution in [3.63, 3.8) is 0 Å². The molecule has 0 saturated heterocycles. The lowest BCUT2D eigenvalue weighted by atomic mass is 9.98. The summed E-state index contributed by atoms with van der Waals surface area (Å²) >= 11 is 0. The highest BCUT2D eigenvalue weighted by Gasteiger charge is 2.17. The minimum absolute atomic E-state index is 0.205. The van der Waals surface area contributed by atoms with E-state index in [9.17, 15) is 4.79 Å². The Hall–Kier alpha value is -4.98. The number of fused-ring (bicyclic) bond motifs is 3. The van der Waals surface area contributed by atoms with Gasteiger partial charge in [0.2, 0.25) is 5.95 Å². The van der Waals surface area contributed by atoms with Gasteiger partial charge in [0.25, 0.3) is 5.56 Å². The molecule has 0 unspecified atom stereocenters. The van der Waals surface area contributed by atoms with Gasteiger partial charge in [0.05, 0.1) is 23.6 Å². The number of nitrogens with one attached hydrogen (secondary N) is 2. The topological polar surface area (TPSA) is 97.7 Å². The second-order valence-corrected chi connectivity index (χ2v) is 8.94. The van der Waals surface area contributed by atoms with Crippen LogP contribution in [0.25, 0.3) is 38.8 Å².